The van der Waals surface area contributed by atoms with Crippen LogP contribution in [0.4, 0.5) is 0 Å². The zero-order chi connectivity index (χ0) is 11.5. The van der Waals surface area contributed by atoms with Gasteiger partial charge in [-0.3, -0.25) is 0 Å². The lowest BCUT2D eigenvalue weighted by Gasteiger charge is -2.01. The first-order valence-electron chi connectivity index (χ1n) is 6.33. The summed E-state index contributed by atoms with van der Waals surface area (Å²) in [6.07, 6.45) is 9.72. The van der Waals surface area contributed by atoms with Crippen LogP contribution in [0, 0.1) is 0 Å². The van der Waals surface area contributed by atoms with Crippen LogP contribution in [0.25, 0.3) is 0 Å². The lowest BCUT2D eigenvalue weighted by Crippen LogP contribution is -2.12. The van der Waals surface area contributed by atoms with Gasteiger partial charge in [0.2, 0.25) is 0 Å². The van der Waals surface area contributed by atoms with Crippen molar-refractivity contribution in [2.24, 2.45) is 0 Å². The molecule has 0 unspecified atom stereocenters. The highest BCUT2D eigenvalue weighted by molar-refractivity contribution is 5.14. The fourth-order valence-corrected chi connectivity index (χ4v) is 1.61. The highest BCUT2D eigenvalue weighted by Crippen LogP contribution is 1.99. The Hall–Kier alpha value is -1.08. The van der Waals surface area contributed by atoms with Gasteiger partial charge in [-0.15, -0.1) is 0 Å². The van der Waals surface area contributed by atoms with Crippen LogP contribution >= 0.6 is 0 Å². The summed E-state index contributed by atoms with van der Waals surface area (Å²) in [5, 5.41) is 3.41. The molecule has 88 valence electrons. The van der Waals surface area contributed by atoms with Crippen molar-refractivity contribution in [1.82, 2.24) is 5.32 Å². The number of hydrogen-bond acceptors (Lipinski definition) is 1. The molecule has 0 heterocycles. The van der Waals surface area contributed by atoms with Gasteiger partial charge in [-0.2, -0.15) is 0 Å². The Morgan fingerprint density at radius 2 is 1.88 bits per heavy atom. The van der Waals surface area contributed by atoms with Gasteiger partial charge in [0, 0.05) is 13.1 Å². The number of unbranched alkanes of at least 4 members (excludes halogenated alkanes) is 3. The van der Waals surface area contributed by atoms with E-state index in [1.165, 1.54) is 31.2 Å². The molecule has 0 spiro atoms. The molecule has 0 radical (unpaired) electrons. The van der Waals surface area contributed by atoms with Crippen molar-refractivity contribution in [2.75, 3.05) is 6.54 Å². The van der Waals surface area contributed by atoms with Crippen LogP contribution in [-0.2, 0) is 6.54 Å². The second-order valence-corrected chi connectivity index (χ2v) is 4.08. The van der Waals surface area contributed by atoms with E-state index in [9.17, 15) is 0 Å². The Labute approximate surface area is 99.6 Å². The van der Waals surface area contributed by atoms with E-state index < -0.39 is 0 Å². The predicted molar refractivity (Wildman–Crippen MR) is 71.4 cm³/mol. The van der Waals surface area contributed by atoms with Crippen molar-refractivity contribution in [3.8, 4) is 0 Å². The molecule has 0 saturated heterocycles. The zero-order valence-electron chi connectivity index (χ0n) is 10.3. The normalized spacial score (nSPS) is 11.1. The molecule has 0 bridgehead atoms. The molecule has 0 fully saturated rings. The molecule has 1 aromatic rings. The van der Waals surface area contributed by atoms with E-state index in [-0.39, 0.29) is 0 Å². The molecule has 1 nitrogen and oxygen atoms in total. The monoisotopic (exact) mass is 217 g/mol. The average Bonchev–Trinajstić information content (AvgIpc) is 2.34. The van der Waals surface area contributed by atoms with Crippen molar-refractivity contribution in [2.45, 2.75) is 39.2 Å². The molecule has 16 heavy (non-hydrogen) atoms. The third kappa shape index (κ3) is 6.41. The van der Waals surface area contributed by atoms with E-state index in [0.29, 0.717) is 0 Å². The van der Waals surface area contributed by atoms with Crippen LogP contribution in [0.15, 0.2) is 42.5 Å². The maximum atomic E-state index is 3.41. The molecular formula is C15H23N. The standard InChI is InChI=1S/C15H23N/c1-2-3-4-5-6-10-13-16-14-15-11-8-7-9-12-15/h6-12,16H,2-5,13-14H2,1H3. The quantitative estimate of drug-likeness (QED) is 0.514. The minimum atomic E-state index is 0.958. The van der Waals surface area contributed by atoms with Crippen molar-refractivity contribution in [3.05, 3.63) is 48.0 Å². The van der Waals surface area contributed by atoms with Crippen LogP contribution in [0.1, 0.15) is 38.2 Å². The van der Waals surface area contributed by atoms with Crippen molar-refractivity contribution >= 4 is 0 Å². The summed E-state index contributed by atoms with van der Waals surface area (Å²) in [7, 11) is 0. The summed E-state index contributed by atoms with van der Waals surface area (Å²) in [6, 6.07) is 10.5. The first-order valence-corrected chi connectivity index (χ1v) is 6.33. The summed E-state index contributed by atoms with van der Waals surface area (Å²) in [5.41, 5.74) is 1.35. The first kappa shape index (κ1) is 13.0. The van der Waals surface area contributed by atoms with Gasteiger partial charge in [0.25, 0.3) is 0 Å². The molecule has 1 heteroatoms. The first-order chi connectivity index (χ1) is 7.93. The van der Waals surface area contributed by atoms with Gasteiger partial charge >= 0.3 is 0 Å². The Morgan fingerprint density at radius 1 is 1.06 bits per heavy atom. The Balaban J connectivity index is 1.99. The topological polar surface area (TPSA) is 12.0 Å². The van der Waals surface area contributed by atoms with Crippen LogP contribution in [-0.4, -0.2) is 6.54 Å². The van der Waals surface area contributed by atoms with Gasteiger partial charge in [0.1, 0.15) is 0 Å². The molecule has 0 aliphatic carbocycles. The maximum Gasteiger partial charge on any atom is 0.0208 e. The van der Waals surface area contributed by atoms with Gasteiger partial charge in [-0.05, 0) is 18.4 Å². The minimum absolute atomic E-state index is 0.958. The number of hydrogen-bond donors (Lipinski definition) is 1. The molecular weight excluding hydrogens is 194 g/mol. The number of nitrogens with one attached hydrogen (secondary N) is 1. The number of rotatable bonds is 8. The third-order valence-electron chi connectivity index (χ3n) is 2.58. The van der Waals surface area contributed by atoms with E-state index >= 15 is 0 Å². The van der Waals surface area contributed by atoms with E-state index in [4.69, 9.17) is 0 Å². The summed E-state index contributed by atoms with van der Waals surface area (Å²) in [6.45, 7) is 4.17. The Bertz CT molecular complexity index is 277. The molecule has 0 atom stereocenters. The summed E-state index contributed by atoms with van der Waals surface area (Å²) in [4.78, 5) is 0. The largest absolute Gasteiger partial charge is 0.309 e. The van der Waals surface area contributed by atoms with Crippen LogP contribution in [0.5, 0.6) is 0 Å². The third-order valence-corrected chi connectivity index (χ3v) is 2.58. The molecule has 1 aromatic carbocycles. The lowest BCUT2D eigenvalue weighted by atomic mass is 10.2. The minimum Gasteiger partial charge on any atom is -0.309 e. The summed E-state index contributed by atoms with van der Waals surface area (Å²) < 4.78 is 0. The summed E-state index contributed by atoms with van der Waals surface area (Å²) >= 11 is 0. The van der Waals surface area contributed by atoms with Gasteiger partial charge in [0.05, 0.1) is 0 Å². The second kappa shape index (κ2) is 9.17. The maximum absolute atomic E-state index is 3.41. The molecule has 0 saturated carbocycles. The van der Waals surface area contributed by atoms with E-state index in [1.807, 2.05) is 0 Å². The highest BCUT2D eigenvalue weighted by Gasteiger charge is 1.87. The smallest absolute Gasteiger partial charge is 0.0208 e. The van der Waals surface area contributed by atoms with Crippen molar-refractivity contribution < 1.29 is 0 Å². The molecule has 0 aromatic heterocycles. The predicted octanol–water partition coefficient (Wildman–Crippen LogP) is 3.91. The SMILES string of the molecule is CCCCCC=CCNCc1ccccc1. The van der Waals surface area contributed by atoms with E-state index in [0.717, 1.165) is 13.1 Å². The average molecular weight is 217 g/mol. The molecule has 1 N–H and O–H groups in total. The number of allylic oxidation sites excluding steroid dienone is 1. The fraction of sp³-hybridized carbons (Fsp3) is 0.467. The van der Waals surface area contributed by atoms with Gasteiger partial charge < -0.3 is 5.32 Å². The van der Waals surface area contributed by atoms with Crippen LogP contribution in [0.3, 0.4) is 0 Å². The molecule has 0 aliphatic heterocycles. The number of benzene rings is 1. The van der Waals surface area contributed by atoms with Gasteiger partial charge in [-0.1, -0.05) is 62.2 Å². The molecule has 1 rings (SSSR count). The molecule has 0 aliphatic rings. The van der Waals surface area contributed by atoms with Crippen LogP contribution in [0.2, 0.25) is 0 Å². The van der Waals surface area contributed by atoms with Gasteiger partial charge in [-0.25, -0.2) is 0 Å². The van der Waals surface area contributed by atoms with Crippen LogP contribution < -0.4 is 5.32 Å². The van der Waals surface area contributed by atoms with Crippen molar-refractivity contribution in [1.29, 1.82) is 0 Å². The van der Waals surface area contributed by atoms with E-state index in [1.54, 1.807) is 0 Å². The lowest BCUT2D eigenvalue weighted by molar-refractivity contribution is 0.723. The Morgan fingerprint density at radius 3 is 2.62 bits per heavy atom. The Kier molecular flexibility index (Phi) is 7.44. The van der Waals surface area contributed by atoms with Crippen molar-refractivity contribution in [3.63, 3.8) is 0 Å². The summed E-state index contributed by atoms with van der Waals surface area (Å²) in [5.74, 6) is 0. The van der Waals surface area contributed by atoms with E-state index in [2.05, 4.69) is 54.7 Å². The zero-order valence-corrected chi connectivity index (χ0v) is 10.3. The second-order valence-electron chi connectivity index (χ2n) is 4.08. The fourth-order valence-electron chi connectivity index (χ4n) is 1.61. The highest BCUT2D eigenvalue weighted by atomic mass is 14.8. The van der Waals surface area contributed by atoms with Gasteiger partial charge in [0.15, 0.2) is 0 Å². The molecule has 0 amide bonds.